The van der Waals surface area contributed by atoms with Gasteiger partial charge in [0.15, 0.2) is 0 Å². The summed E-state index contributed by atoms with van der Waals surface area (Å²) >= 11 is 5.59. The molecule has 0 aliphatic rings. The lowest BCUT2D eigenvalue weighted by molar-refractivity contribution is -0.115. The van der Waals surface area contributed by atoms with Gasteiger partial charge in [0, 0.05) is 11.3 Å². The lowest BCUT2D eigenvalue weighted by atomic mass is 10.2. The average Bonchev–Trinajstić information content (AvgIpc) is 2.49. The molecule has 0 aliphatic heterocycles. The van der Waals surface area contributed by atoms with Gasteiger partial charge in [-0.25, -0.2) is 8.78 Å². The largest absolute Gasteiger partial charge is 0.343 e. The Balaban J connectivity index is 1.88. The van der Waals surface area contributed by atoms with E-state index in [-0.39, 0.29) is 17.1 Å². The van der Waals surface area contributed by atoms with Gasteiger partial charge in [0.05, 0.1) is 11.6 Å². The Kier molecular flexibility index (Phi) is 5.06. The van der Waals surface area contributed by atoms with Gasteiger partial charge in [-0.2, -0.15) is 0 Å². The number of hydrogen-bond donors (Lipinski definition) is 2. The highest BCUT2D eigenvalue weighted by Gasteiger charge is 2.09. The molecule has 2 amide bonds. The van der Waals surface area contributed by atoms with Crippen molar-refractivity contribution in [2.75, 3.05) is 11.9 Å². The van der Waals surface area contributed by atoms with E-state index >= 15 is 0 Å². The molecule has 0 aromatic heterocycles. The summed E-state index contributed by atoms with van der Waals surface area (Å²) in [5, 5.41) is 4.73. The standard InChI is InChI=1S/C15H11ClF2N2O2/c16-12-7-11(5-6-13(12)18)20-14(21)8-19-15(22)9-1-3-10(17)4-2-9/h1-7H,8H2,(H,19,22)(H,20,21). The SMILES string of the molecule is O=C(CNC(=O)c1ccc(F)cc1)Nc1ccc(F)c(Cl)c1. The Bertz CT molecular complexity index is 705. The Hall–Kier alpha value is -2.47. The predicted molar refractivity (Wildman–Crippen MR) is 78.8 cm³/mol. The van der Waals surface area contributed by atoms with Crippen LogP contribution in [0.15, 0.2) is 42.5 Å². The molecule has 2 rings (SSSR count). The van der Waals surface area contributed by atoms with Gasteiger partial charge in [0.1, 0.15) is 11.6 Å². The summed E-state index contributed by atoms with van der Waals surface area (Å²) in [6.07, 6.45) is 0. The Labute approximate surface area is 130 Å². The van der Waals surface area contributed by atoms with E-state index < -0.39 is 23.4 Å². The van der Waals surface area contributed by atoms with Crippen LogP contribution in [-0.4, -0.2) is 18.4 Å². The van der Waals surface area contributed by atoms with E-state index in [1.807, 2.05) is 0 Å². The van der Waals surface area contributed by atoms with Crippen molar-refractivity contribution in [2.24, 2.45) is 0 Å². The van der Waals surface area contributed by atoms with Crippen LogP contribution in [0.25, 0.3) is 0 Å². The maximum atomic E-state index is 13.0. The van der Waals surface area contributed by atoms with Crippen molar-refractivity contribution < 1.29 is 18.4 Å². The summed E-state index contributed by atoms with van der Waals surface area (Å²) in [6.45, 7) is -0.287. The van der Waals surface area contributed by atoms with Crippen molar-refractivity contribution >= 4 is 29.1 Å². The molecule has 2 N–H and O–H groups in total. The molecule has 0 heterocycles. The highest BCUT2D eigenvalue weighted by atomic mass is 35.5. The third-order valence-corrected chi connectivity index (χ3v) is 3.01. The quantitative estimate of drug-likeness (QED) is 0.908. The van der Waals surface area contributed by atoms with Crippen molar-refractivity contribution in [1.29, 1.82) is 0 Å². The van der Waals surface area contributed by atoms with E-state index in [1.165, 1.54) is 24.3 Å². The molecule has 0 saturated carbocycles. The first-order valence-corrected chi connectivity index (χ1v) is 6.62. The van der Waals surface area contributed by atoms with Gasteiger partial charge < -0.3 is 10.6 Å². The summed E-state index contributed by atoms with van der Waals surface area (Å²) in [6, 6.07) is 8.64. The Morgan fingerprint density at radius 1 is 1.05 bits per heavy atom. The lowest BCUT2D eigenvalue weighted by Crippen LogP contribution is -2.32. The third-order valence-electron chi connectivity index (χ3n) is 2.72. The molecule has 0 atom stereocenters. The number of anilines is 1. The summed E-state index contributed by atoms with van der Waals surface area (Å²) in [4.78, 5) is 23.4. The summed E-state index contributed by atoms with van der Waals surface area (Å²) in [7, 11) is 0. The minimum atomic E-state index is -0.593. The molecule has 0 spiro atoms. The monoisotopic (exact) mass is 324 g/mol. The van der Waals surface area contributed by atoms with Crippen LogP contribution in [0.2, 0.25) is 5.02 Å². The van der Waals surface area contributed by atoms with E-state index in [9.17, 15) is 18.4 Å². The van der Waals surface area contributed by atoms with Crippen LogP contribution in [0.3, 0.4) is 0 Å². The van der Waals surface area contributed by atoms with E-state index in [4.69, 9.17) is 11.6 Å². The highest BCUT2D eigenvalue weighted by Crippen LogP contribution is 2.19. The molecule has 2 aromatic carbocycles. The van der Waals surface area contributed by atoms with Gasteiger partial charge in [-0.15, -0.1) is 0 Å². The molecular formula is C15H11ClF2N2O2. The van der Waals surface area contributed by atoms with Gasteiger partial charge in [0.2, 0.25) is 5.91 Å². The average molecular weight is 325 g/mol. The number of amides is 2. The van der Waals surface area contributed by atoms with Crippen molar-refractivity contribution in [1.82, 2.24) is 5.32 Å². The zero-order chi connectivity index (χ0) is 16.1. The van der Waals surface area contributed by atoms with E-state index in [1.54, 1.807) is 0 Å². The van der Waals surface area contributed by atoms with Crippen LogP contribution in [0.4, 0.5) is 14.5 Å². The van der Waals surface area contributed by atoms with Gasteiger partial charge in [-0.1, -0.05) is 11.6 Å². The fraction of sp³-hybridized carbons (Fsp3) is 0.0667. The molecule has 7 heteroatoms. The molecule has 114 valence electrons. The number of hydrogen-bond acceptors (Lipinski definition) is 2. The van der Waals surface area contributed by atoms with E-state index in [0.29, 0.717) is 5.69 Å². The molecule has 4 nitrogen and oxygen atoms in total. The van der Waals surface area contributed by atoms with Gasteiger partial charge in [-0.05, 0) is 42.5 Å². The van der Waals surface area contributed by atoms with Crippen molar-refractivity contribution in [3.05, 3.63) is 64.7 Å². The molecule has 2 aromatic rings. The number of rotatable bonds is 4. The first-order chi connectivity index (χ1) is 10.5. The van der Waals surface area contributed by atoms with Crippen LogP contribution in [0, 0.1) is 11.6 Å². The Morgan fingerprint density at radius 2 is 1.73 bits per heavy atom. The van der Waals surface area contributed by atoms with Crippen molar-refractivity contribution in [3.8, 4) is 0 Å². The zero-order valence-electron chi connectivity index (χ0n) is 11.2. The maximum Gasteiger partial charge on any atom is 0.251 e. The third kappa shape index (κ3) is 4.26. The smallest absolute Gasteiger partial charge is 0.251 e. The number of benzene rings is 2. The van der Waals surface area contributed by atoms with Crippen LogP contribution < -0.4 is 10.6 Å². The van der Waals surface area contributed by atoms with Gasteiger partial charge in [-0.3, -0.25) is 9.59 Å². The van der Waals surface area contributed by atoms with Crippen molar-refractivity contribution in [2.45, 2.75) is 0 Å². The van der Waals surface area contributed by atoms with Crippen molar-refractivity contribution in [3.63, 3.8) is 0 Å². The molecule has 0 aliphatic carbocycles. The van der Waals surface area contributed by atoms with Gasteiger partial charge in [0.25, 0.3) is 5.91 Å². The number of nitrogens with one attached hydrogen (secondary N) is 2. The summed E-state index contributed by atoms with van der Waals surface area (Å²) < 4.78 is 25.7. The molecule has 0 fully saturated rings. The minimum absolute atomic E-state index is 0.117. The molecule has 0 unspecified atom stereocenters. The first-order valence-electron chi connectivity index (χ1n) is 6.24. The number of halogens is 3. The summed E-state index contributed by atoms with van der Waals surface area (Å²) in [5.74, 6) is -2.06. The predicted octanol–water partition coefficient (Wildman–Crippen LogP) is 2.99. The van der Waals surface area contributed by atoms with E-state index in [2.05, 4.69) is 10.6 Å². The van der Waals surface area contributed by atoms with Gasteiger partial charge >= 0.3 is 0 Å². The normalized spacial score (nSPS) is 10.1. The second-order valence-corrected chi connectivity index (χ2v) is 4.77. The van der Waals surface area contributed by atoms with Crippen LogP contribution in [-0.2, 0) is 4.79 Å². The number of carbonyl (C=O) groups is 2. The molecule has 0 bridgehead atoms. The maximum absolute atomic E-state index is 13.0. The molecular weight excluding hydrogens is 314 g/mol. The summed E-state index contributed by atoms with van der Waals surface area (Å²) in [5.41, 5.74) is 0.548. The van der Waals surface area contributed by atoms with Crippen LogP contribution in [0.5, 0.6) is 0 Å². The molecule has 0 saturated heterocycles. The minimum Gasteiger partial charge on any atom is -0.343 e. The number of carbonyl (C=O) groups excluding carboxylic acids is 2. The second-order valence-electron chi connectivity index (χ2n) is 4.37. The lowest BCUT2D eigenvalue weighted by Gasteiger charge is -2.07. The molecule has 22 heavy (non-hydrogen) atoms. The highest BCUT2D eigenvalue weighted by molar-refractivity contribution is 6.31. The van der Waals surface area contributed by atoms with Crippen LogP contribution >= 0.6 is 11.6 Å². The zero-order valence-corrected chi connectivity index (χ0v) is 12.0. The fourth-order valence-electron chi connectivity index (χ4n) is 1.64. The first kappa shape index (κ1) is 15.9. The van der Waals surface area contributed by atoms with Crippen LogP contribution in [0.1, 0.15) is 10.4 Å². The fourth-order valence-corrected chi connectivity index (χ4v) is 1.82. The molecule has 0 radical (unpaired) electrons. The Morgan fingerprint density at radius 3 is 2.36 bits per heavy atom. The van der Waals surface area contributed by atoms with E-state index in [0.717, 1.165) is 18.2 Å². The topological polar surface area (TPSA) is 58.2 Å². The second kappa shape index (κ2) is 7.00.